The zero-order chi connectivity index (χ0) is 9.84. The lowest BCUT2D eigenvalue weighted by Gasteiger charge is -2.12. The van der Waals surface area contributed by atoms with E-state index in [-0.39, 0.29) is 6.54 Å². The van der Waals surface area contributed by atoms with Gasteiger partial charge in [-0.3, -0.25) is 0 Å². The van der Waals surface area contributed by atoms with Crippen molar-refractivity contribution in [1.82, 2.24) is 9.55 Å². The fraction of sp³-hybridized carbons (Fsp3) is 0.667. The highest BCUT2D eigenvalue weighted by atomic mass is 16.3. The van der Waals surface area contributed by atoms with Crippen molar-refractivity contribution in [3.05, 3.63) is 17.7 Å². The standard InChI is InChI=1S/C9H17N3O/c1-3-4-12-6-11-7(2)9(12)8(13)5-10/h6,8,13H,3-5,10H2,1-2H3. The van der Waals surface area contributed by atoms with Crippen LogP contribution in [0.3, 0.4) is 0 Å². The van der Waals surface area contributed by atoms with Gasteiger partial charge < -0.3 is 15.4 Å². The Hall–Kier alpha value is -0.870. The third kappa shape index (κ3) is 2.08. The van der Waals surface area contributed by atoms with E-state index in [4.69, 9.17) is 5.73 Å². The number of nitrogens with zero attached hydrogens (tertiary/aromatic N) is 2. The first kappa shape index (κ1) is 10.2. The molecule has 0 aliphatic carbocycles. The number of hydrogen-bond acceptors (Lipinski definition) is 3. The van der Waals surface area contributed by atoms with Gasteiger partial charge in [-0.05, 0) is 13.3 Å². The molecule has 0 fully saturated rings. The molecule has 0 bridgehead atoms. The van der Waals surface area contributed by atoms with Crippen molar-refractivity contribution in [2.24, 2.45) is 5.73 Å². The predicted octanol–water partition coefficient (Wildman–Crippen LogP) is 0.594. The quantitative estimate of drug-likeness (QED) is 0.718. The molecule has 0 radical (unpaired) electrons. The highest BCUT2D eigenvalue weighted by Crippen LogP contribution is 2.15. The van der Waals surface area contributed by atoms with Gasteiger partial charge in [0.2, 0.25) is 0 Å². The molecular weight excluding hydrogens is 166 g/mol. The van der Waals surface area contributed by atoms with E-state index in [2.05, 4.69) is 11.9 Å². The lowest BCUT2D eigenvalue weighted by Crippen LogP contribution is -2.16. The molecule has 0 amide bonds. The molecule has 1 rings (SSSR count). The first-order valence-corrected chi connectivity index (χ1v) is 4.60. The van der Waals surface area contributed by atoms with Crippen LogP contribution in [-0.4, -0.2) is 21.2 Å². The van der Waals surface area contributed by atoms with E-state index in [0.717, 1.165) is 24.4 Å². The van der Waals surface area contributed by atoms with E-state index in [1.54, 1.807) is 6.33 Å². The molecule has 0 spiro atoms. The molecule has 0 saturated heterocycles. The smallest absolute Gasteiger partial charge is 0.108 e. The van der Waals surface area contributed by atoms with Crippen LogP contribution in [0.1, 0.15) is 30.8 Å². The predicted molar refractivity (Wildman–Crippen MR) is 51.3 cm³/mol. The number of aromatic nitrogens is 2. The largest absolute Gasteiger partial charge is 0.385 e. The summed E-state index contributed by atoms with van der Waals surface area (Å²) in [4.78, 5) is 4.15. The summed E-state index contributed by atoms with van der Waals surface area (Å²) in [5.41, 5.74) is 7.12. The van der Waals surface area contributed by atoms with Crippen molar-refractivity contribution in [3.8, 4) is 0 Å². The Morgan fingerprint density at radius 3 is 2.92 bits per heavy atom. The van der Waals surface area contributed by atoms with Gasteiger partial charge in [0.05, 0.1) is 17.7 Å². The number of rotatable bonds is 4. The third-order valence-electron chi connectivity index (χ3n) is 2.07. The Bertz CT molecular complexity index is 270. The normalized spacial score (nSPS) is 13.2. The second-order valence-electron chi connectivity index (χ2n) is 3.16. The Labute approximate surface area is 78.4 Å². The Morgan fingerprint density at radius 2 is 2.38 bits per heavy atom. The van der Waals surface area contributed by atoms with Crippen LogP contribution in [0.5, 0.6) is 0 Å². The molecule has 74 valence electrons. The zero-order valence-corrected chi connectivity index (χ0v) is 8.20. The number of nitrogens with two attached hydrogens (primary N) is 1. The van der Waals surface area contributed by atoms with E-state index in [9.17, 15) is 5.11 Å². The molecule has 1 heterocycles. The van der Waals surface area contributed by atoms with E-state index in [0.29, 0.717) is 0 Å². The maximum atomic E-state index is 9.62. The minimum atomic E-state index is -0.589. The lowest BCUT2D eigenvalue weighted by molar-refractivity contribution is 0.176. The average Bonchev–Trinajstić information content (AvgIpc) is 2.47. The van der Waals surface area contributed by atoms with E-state index in [1.165, 1.54) is 0 Å². The van der Waals surface area contributed by atoms with E-state index < -0.39 is 6.10 Å². The summed E-state index contributed by atoms with van der Waals surface area (Å²) >= 11 is 0. The van der Waals surface area contributed by atoms with Crippen LogP contribution >= 0.6 is 0 Å². The van der Waals surface area contributed by atoms with Gasteiger partial charge in [-0.15, -0.1) is 0 Å². The molecule has 1 unspecified atom stereocenters. The van der Waals surface area contributed by atoms with E-state index in [1.807, 2.05) is 11.5 Å². The third-order valence-corrected chi connectivity index (χ3v) is 2.07. The number of imidazole rings is 1. The maximum Gasteiger partial charge on any atom is 0.108 e. The van der Waals surface area contributed by atoms with Crippen molar-refractivity contribution in [1.29, 1.82) is 0 Å². The van der Waals surface area contributed by atoms with Crippen LogP contribution in [-0.2, 0) is 6.54 Å². The summed E-state index contributed by atoms with van der Waals surface area (Å²) in [5.74, 6) is 0. The Kier molecular flexibility index (Phi) is 3.45. The molecule has 4 heteroatoms. The van der Waals surface area contributed by atoms with Gasteiger partial charge in [0.25, 0.3) is 0 Å². The van der Waals surface area contributed by atoms with Crippen molar-refractivity contribution < 1.29 is 5.11 Å². The fourth-order valence-corrected chi connectivity index (χ4v) is 1.46. The summed E-state index contributed by atoms with van der Waals surface area (Å²) in [6.45, 7) is 5.11. The summed E-state index contributed by atoms with van der Waals surface area (Å²) in [7, 11) is 0. The van der Waals surface area contributed by atoms with Crippen LogP contribution in [0, 0.1) is 6.92 Å². The minimum absolute atomic E-state index is 0.246. The molecule has 0 aromatic carbocycles. The lowest BCUT2D eigenvalue weighted by atomic mass is 10.2. The zero-order valence-electron chi connectivity index (χ0n) is 8.20. The monoisotopic (exact) mass is 183 g/mol. The first-order chi connectivity index (χ1) is 6.20. The average molecular weight is 183 g/mol. The highest BCUT2D eigenvalue weighted by molar-refractivity contribution is 5.14. The van der Waals surface area contributed by atoms with Gasteiger partial charge in [-0.1, -0.05) is 6.92 Å². The van der Waals surface area contributed by atoms with Crippen LogP contribution < -0.4 is 5.73 Å². The molecule has 1 aromatic rings. The van der Waals surface area contributed by atoms with Crippen LogP contribution in [0.15, 0.2) is 6.33 Å². The summed E-state index contributed by atoms with van der Waals surface area (Å²) in [6, 6.07) is 0. The van der Waals surface area contributed by atoms with Crippen LogP contribution in [0.2, 0.25) is 0 Å². The number of hydrogen-bond donors (Lipinski definition) is 2. The number of aryl methyl sites for hydroxylation is 2. The van der Waals surface area contributed by atoms with Crippen molar-refractivity contribution in [2.45, 2.75) is 32.9 Å². The summed E-state index contributed by atoms with van der Waals surface area (Å²) in [6.07, 6.45) is 2.20. The SMILES string of the molecule is CCCn1cnc(C)c1C(O)CN. The number of aliphatic hydroxyl groups excluding tert-OH is 1. The topological polar surface area (TPSA) is 64.1 Å². The molecule has 0 aliphatic rings. The Morgan fingerprint density at radius 1 is 1.69 bits per heavy atom. The molecule has 0 aliphatic heterocycles. The summed E-state index contributed by atoms with van der Waals surface area (Å²) in [5, 5.41) is 9.62. The molecule has 1 atom stereocenters. The molecule has 3 N–H and O–H groups in total. The van der Waals surface area contributed by atoms with Crippen LogP contribution in [0.4, 0.5) is 0 Å². The molecule has 4 nitrogen and oxygen atoms in total. The second kappa shape index (κ2) is 4.39. The second-order valence-corrected chi connectivity index (χ2v) is 3.16. The first-order valence-electron chi connectivity index (χ1n) is 4.60. The Balaban J connectivity index is 2.93. The van der Waals surface area contributed by atoms with Crippen molar-refractivity contribution in [3.63, 3.8) is 0 Å². The van der Waals surface area contributed by atoms with Gasteiger partial charge in [-0.25, -0.2) is 4.98 Å². The van der Waals surface area contributed by atoms with Crippen molar-refractivity contribution in [2.75, 3.05) is 6.54 Å². The van der Waals surface area contributed by atoms with E-state index >= 15 is 0 Å². The minimum Gasteiger partial charge on any atom is -0.385 e. The highest BCUT2D eigenvalue weighted by Gasteiger charge is 2.14. The molecule has 1 aromatic heterocycles. The molecular formula is C9H17N3O. The summed E-state index contributed by atoms with van der Waals surface area (Å²) < 4.78 is 1.97. The van der Waals surface area contributed by atoms with Gasteiger partial charge in [0, 0.05) is 13.1 Å². The molecule has 13 heavy (non-hydrogen) atoms. The van der Waals surface area contributed by atoms with Crippen molar-refractivity contribution >= 4 is 0 Å². The number of aliphatic hydroxyl groups is 1. The maximum absolute atomic E-state index is 9.62. The van der Waals surface area contributed by atoms with Crippen LogP contribution in [0.25, 0.3) is 0 Å². The molecule has 0 saturated carbocycles. The van der Waals surface area contributed by atoms with Gasteiger partial charge in [0.15, 0.2) is 0 Å². The van der Waals surface area contributed by atoms with Gasteiger partial charge >= 0.3 is 0 Å². The fourth-order valence-electron chi connectivity index (χ4n) is 1.46. The van der Waals surface area contributed by atoms with Gasteiger partial charge in [0.1, 0.15) is 6.10 Å². The van der Waals surface area contributed by atoms with Gasteiger partial charge in [-0.2, -0.15) is 0 Å².